The predicted octanol–water partition coefficient (Wildman–Crippen LogP) is 4.15. The van der Waals surface area contributed by atoms with E-state index >= 15 is 0 Å². The van der Waals surface area contributed by atoms with E-state index in [9.17, 15) is 14.0 Å². The normalized spacial score (nSPS) is 11.7. The Kier molecular flexibility index (Phi) is 5.99. The van der Waals surface area contributed by atoms with E-state index in [2.05, 4.69) is 10.2 Å². The van der Waals surface area contributed by atoms with Crippen LogP contribution in [0.3, 0.4) is 0 Å². The van der Waals surface area contributed by atoms with Gasteiger partial charge in [-0.1, -0.05) is 30.3 Å². The second kappa shape index (κ2) is 9.04. The number of nitrogens with zero attached hydrogens (tertiary/aromatic N) is 3. The summed E-state index contributed by atoms with van der Waals surface area (Å²) in [7, 11) is 1.45. The summed E-state index contributed by atoms with van der Waals surface area (Å²) in [6.45, 7) is 1.96. The van der Waals surface area contributed by atoms with Crippen molar-refractivity contribution in [1.29, 1.82) is 0 Å². The molecule has 0 saturated carbocycles. The van der Waals surface area contributed by atoms with Crippen LogP contribution < -0.4 is 5.73 Å². The van der Waals surface area contributed by atoms with Crippen LogP contribution in [0.25, 0.3) is 22.9 Å². The summed E-state index contributed by atoms with van der Waals surface area (Å²) in [5, 5.41) is 8.22. The first-order valence-electron chi connectivity index (χ1n) is 10.2. The van der Waals surface area contributed by atoms with Gasteiger partial charge in [-0.2, -0.15) is 0 Å². The third-order valence-electron chi connectivity index (χ3n) is 5.32. The van der Waals surface area contributed by atoms with Crippen molar-refractivity contribution in [3.63, 3.8) is 0 Å². The fourth-order valence-electron chi connectivity index (χ4n) is 3.59. The number of likely N-dealkylation sites (N-methyl/N-ethyl adjacent to an activating group) is 1. The average molecular weight is 444 g/mol. The molecule has 0 saturated heterocycles. The third-order valence-corrected chi connectivity index (χ3v) is 5.32. The average Bonchev–Trinajstić information content (AvgIpc) is 3.29. The molecule has 0 bridgehead atoms. The summed E-state index contributed by atoms with van der Waals surface area (Å²) in [6.07, 6.45) is 0. The largest absolute Gasteiger partial charge is 0.416 e. The Morgan fingerprint density at radius 2 is 1.67 bits per heavy atom. The predicted molar refractivity (Wildman–Crippen MR) is 120 cm³/mol. The first-order chi connectivity index (χ1) is 15.8. The summed E-state index contributed by atoms with van der Waals surface area (Å²) in [4.78, 5) is 26.2. The van der Waals surface area contributed by atoms with Crippen LogP contribution in [0.4, 0.5) is 4.39 Å². The van der Waals surface area contributed by atoms with Gasteiger partial charge < -0.3 is 15.1 Å². The number of hydrogen-bond acceptors (Lipinski definition) is 5. The maximum atomic E-state index is 13.6. The molecule has 2 amide bonds. The minimum Gasteiger partial charge on any atom is -0.416 e. The number of amides is 2. The molecule has 4 aromatic rings. The molecule has 33 heavy (non-hydrogen) atoms. The number of aryl methyl sites for hydroxylation is 1. The Hall–Kier alpha value is -4.33. The van der Waals surface area contributed by atoms with Gasteiger partial charge in [0.15, 0.2) is 0 Å². The van der Waals surface area contributed by atoms with Gasteiger partial charge in [0, 0.05) is 23.7 Å². The van der Waals surface area contributed by atoms with Crippen LogP contribution in [0.2, 0.25) is 0 Å². The van der Waals surface area contributed by atoms with Gasteiger partial charge in [-0.3, -0.25) is 9.59 Å². The number of carbonyl (C=O) groups excluding carboxylic acids is 2. The van der Waals surface area contributed by atoms with Gasteiger partial charge in [-0.05, 0) is 60.5 Å². The van der Waals surface area contributed by atoms with Crippen LogP contribution in [0.5, 0.6) is 0 Å². The van der Waals surface area contributed by atoms with Crippen molar-refractivity contribution in [2.24, 2.45) is 5.73 Å². The Morgan fingerprint density at radius 3 is 2.33 bits per heavy atom. The fraction of sp³-hybridized carbons (Fsp3) is 0.120. The molecule has 0 fully saturated rings. The number of rotatable bonds is 6. The summed E-state index contributed by atoms with van der Waals surface area (Å²) < 4.78 is 19.4. The number of hydrogen-bond donors (Lipinski definition) is 1. The van der Waals surface area contributed by atoms with Gasteiger partial charge >= 0.3 is 0 Å². The SMILES string of the molecule is Cc1ccccc1-c1nnc(-c2ccc(C(=O)N(C)C(C(N)=O)c3cccc(F)c3)cc2)o1. The Bertz CT molecular complexity index is 1320. The minimum absolute atomic E-state index is 0.296. The van der Waals surface area contributed by atoms with Gasteiger partial charge in [-0.25, -0.2) is 4.39 Å². The highest BCUT2D eigenvalue weighted by atomic mass is 19.1. The van der Waals surface area contributed by atoms with E-state index in [4.69, 9.17) is 10.2 Å². The molecular formula is C25H21FN4O3. The number of carbonyl (C=O) groups is 2. The Balaban J connectivity index is 1.56. The molecule has 166 valence electrons. The summed E-state index contributed by atoms with van der Waals surface area (Å²) in [6, 6.07) is 18.6. The van der Waals surface area contributed by atoms with Crippen LogP contribution in [0.1, 0.15) is 27.5 Å². The highest BCUT2D eigenvalue weighted by molar-refractivity contribution is 5.97. The van der Waals surface area contributed by atoms with Gasteiger partial charge in [0.2, 0.25) is 17.7 Å². The maximum Gasteiger partial charge on any atom is 0.254 e. The zero-order chi connectivity index (χ0) is 23.5. The molecule has 0 radical (unpaired) electrons. The van der Waals surface area contributed by atoms with E-state index in [0.29, 0.717) is 28.5 Å². The highest BCUT2D eigenvalue weighted by Crippen LogP contribution is 2.27. The standard InChI is InChI=1S/C25H21FN4O3/c1-15-6-3-4-9-20(15)24-29-28-23(33-24)16-10-12-17(13-11-16)25(32)30(2)21(22(27)31)18-7-5-8-19(26)14-18/h3-14,21H,1-2H3,(H2,27,31). The van der Waals surface area contributed by atoms with Crippen molar-refractivity contribution < 1.29 is 18.4 Å². The molecule has 1 atom stereocenters. The van der Waals surface area contributed by atoms with Gasteiger partial charge in [0.1, 0.15) is 11.9 Å². The molecule has 8 heteroatoms. The summed E-state index contributed by atoms with van der Waals surface area (Å²) >= 11 is 0. The van der Waals surface area contributed by atoms with E-state index in [1.807, 2.05) is 31.2 Å². The molecular weight excluding hydrogens is 423 g/mol. The number of nitrogens with two attached hydrogens (primary N) is 1. The molecule has 7 nitrogen and oxygen atoms in total. The Labute approximate surface area is 189 Å². The van der Waals surface area contributed by atoms with Gasteiger partial charge in [0.05, 0.1) is 0 Å². The molecule has 0 aliphatic rings. The summed E-state index contributed by atoms with van der Waals surface area (Å²) in [5.74, 6) is -1.00. The molecule has 4 rings (SSSR count). The zero-order valence-electron chi connectivity index (χ0n) is 18.0. The second-order valence-electron chi connectivity index (χ2n) is 7.58. The van der Waals surface area contributed by atoms with Crippen LogP contribution in [0.15, 0.2) is 77.2 Å². The van der Waals surface area contributed by atoms with Gasteiger partial charge in [-0.15, -0.1) is 10.2 Å². The summed E-state index contributed by atoms with van der Waals surface area (Å²) in [5.41, 5.74) is 8.63. The van der Waals surface area contributed by atoms with Crippen molar-refractivity contribution in [2.45, 2.75) is 13.0 Å². The van der Waals surface area contributed by atoms with Crippen LogP contribution in [0, 0.1) is 12.7 Å². The topological polar surface area (TPSA) is 102 Å². The van der Waals surface area contributed by atoms with E-state index < -0.39 is 23.7 Å². The maximum absolute atomic E-state index is 13.6. The molecule has 1 heterocycles. The molecule has 1 unspecified atom stereocenters. The van der Waals surface area contributed by atoms with E-state index in [1.54, 1.807) is 30.3 Å². The van der Waals surface area contributed by atoms with E-state index in [0.717, 1.165) is 11.1 Å². The lowest BCUT2D eigenvalue weighted by molar-refractivity contribution is -0.122. The van der Waals surface area contributed by atoms with E-state index in [1.165, 1.54) is 30.1 Å². The molecule has 1 aromatic heterocycles. The number of halogens is 1. The van der Waals surface area contributed by atoms with Crippen molar-refractivity contribution in [3.05, 3.63) is 95.3 Å². The van der Waals surface area contributed by atoms with Crippen molar-refractivity contribution in [2.75, 3.05) is 7.05 Å². The smallest absolute Gasteiger partial charge is 0.254 e. The lowest BCUT2D eigenvalue weighted by Gasteiger charge is -2.26. The molecule has 0 aliphatic heterocycles. The fourth-order valence-corrected chi connectivity index (χ4v) is 3.59. The first-order valence-corrected chi connectivity index (χ1v) is 10.2. The molecule has 3 aromatic carbocycles. The van der Waals surface area contributed by atoms with Crippen molar-refractivity contribution >= 4 is 11.8 Å². The molecule has 2 N–H and O–H groups in total. The minimum atomic E-state index is -1.11. The third kappa shape index (κ3) is 4.50. The second-order valence-corrected chi connectivity index (χ2v) is 7.58. The molecule has 0 spiro atoms. The van der Waals surface area contributed by atoms with E-state index in [-0.39, 0.29) is 0 Å². The molecule has 0 aliphatic carbocycles. The monoisotopic (exact) mass is 444 g/mol. The number of benzene rings is 3. The van der Waals surface area contributed by atoms with Crippen LogP contribution in [-0.4, -0.2) is 34.0 Å². The van der Waals surface area contributed by atoms with Gasteiger partial charge in [0.25, 0.3) is 5.91 Å². The van der Waals surface area contributed by atoms with Crippen LogP contribution in [-0.2, 0) is 4.79 Å². The number of aromatic nitrogens is 2. The number of primary amides is 1. The lowest BCUT2D eigenvalue weighted by Crippen LogP contribution is -2.39. The highest BCUT2D eigenvalue weighted by Gasteiger charge is 2.28. The van der Waals surface area contributed by atoms with Crippen molar-refractivity contribution in [1.82, 2.24) is 15.1 Å². The Morgan fingerprint density at radius 1 is 0.970 bits per heavy atom. The van der Waals surface area contributed by atoms with Crippen LogP contribution >= 0.6 is 0 Å². The van der Waals surface area contributed by atoms with Crippen molar-refractivity contribution in [3.8, 4) is 22.9 Å². The first kappa shape index (κ1) is 21.9. The lowest BCUT2D eigenvalue weighted by atomic mass is 10.0. The quantitative estimate of drug-likeness (QED) is 0.481. The zero-order valence-corrected chi connectivity index (χ0v) is 18.0.